The number of benzene rings is 3. The number of nitrogens with zero attached hydrogens (tertiary/aromatic N) is 2. The van der Waals surface area contributed by atoms with Gasteiger partial charge in [-0.05, 0) is 42.5 Å². The summed E-state index contributed by atoms with van der Waals surface area (Å²) >= 11 is 6.02. The lowest BCUT2D eigenvalue weighted by atomic mass is 10.2. The zero-order chi connectivity index (χ0) is 24.1. The molecule has 4 aromatic rings. The Hall–Kier alpha value is -4.08. The molecule has 0 aliphatic heterocycles. The van der Waals surface area contributed by atoms with E-state index in [2.05, 4.69) is 4.98 Å². The van der Waals surface area contributed by atoms with E-state index in [0.717, 1.165) is 9.13 Å². The van der Waals surface area contributed by atoms with Crippen LogP contribution in [0.4, 0.5) is 0 Å². The van der Waals surface area contributed by atoms with Crippen molar-refractivity contribution >= 4 is 11.6 Å². The van der Waals surface area contributed by atoms with Crippen molar-refractivity contribution in [1.82, 2.24) is 14.1 Å². The van der Waals surface area contributed by atoms with Crippen LogP contribution in [0.15, 0.2) is 87.2 Å². The van der Waals surface area contributed by atoms with Crippen molar-refractivity contribution in [1.29, 1.82) is 0 Å². The second kappa shape index (κ2) is 10.2. The number of hydrogen-bond acceptors (Lipinski definition) is 6. The van der Waals surface area contributed by atoms with Crippen molar-refractivity contribution in [3.63, 3.8) is 0 Å². The topological polar surface area (TPSA) is 105 Å². The number of para-hydroxylation sites is 1. The first-order valence-corrected chi connectivity index (χ1v) is 10.6. The third-order valence-corrected chi connectivity index (χ3v) is 5.01. The van der Waals surface area contributed by atoms with E-state index in [1.807, 2.05) is 18.2 Å². The fourth-order valence-electron chi connectivity index (χ4n) is 3.23. The Balaban J connectivity index is 1.83. The fourth-order valence-corrected chi connectivity index (χ4v) is 3.42. The first-order valence-electron chi connectivity index (χ1n) is 10.2. The molecule has 0 spiro atoms. The minimum absolute atomic E-state index is 0.176. The molecule has 1 N–H and O–H groups in total. The lowest BCUT2D eigenvalue weighted by Crippen LogP contribution is -2.48. The number of aromatic amines is 1. The Kier molecular flexibility index (Phi) is 6.95. The number of halogens is 1. The molecule has 0 unspecified atom stereocenters. The highest BCUT2D eigenvalue weighted by Crippen LogP contribution is 2.33. The van der Waals surface area contributed by atoms with Crippen LogP contribution in [0.3, 0.4) is 0 Å². The highest BCUT2D eigenvalue weighted by Gasteiger charge is 2.16. The second-order valence-corrected chi connectivity index (χ2v) is 7.49. The van der Waals surface area contributed by atoms with E-state index < -0.39 is 17.1 Å². The van der Waals surface area contributed by atoms with E-state index in [0.29, 0.717) is 23.1 Å². The molecule has 4 rings (SSSR count). The summed E-state index contributed by atoms with van der Waals surface area (Å²) in [6, 6.07) is 19.8. The van der Waals surface area contributed by atoms with E-state index >= 15 is 0 Å². The maximum atomic E-state index is 13.2. The van der Waals surface area contributed by atoms with Crippen molar-refractivity contribution < 1.29 is 14.2 Å². The molecule has 174 valence electrons. The Bertz CT molecular complexity index is 1480. The molecule has 10 heteroatoms. The monoisotopic (exact) mass is 481 g/mol. The molecule has 0 amide bonds. The van der Waals surface area contributed by atoms with Crippen LogP contribution in [0.5, 0.6) is 17.2 Å². The van der Waals surface area contributed by atoms with E-state index in [9.17, 15) is 14.4 Å². The Morgan fingerprint density at radius 2 is 1.50 bits per heavy atom. The molecule has 0 aliphatic carbocycles. The highest BCUT2D eigenvalue weighted by molar-refractivity contribution is 6.30. The van der Waals surface area contributed by atoms with Gasteiger partial charge < -0.3 is 14.2 Å². The zero-order valence-electron chi connectivity index (χ0n) is 18.1. The lowest BCUT2D eigenvalue weighted by Gasteiger charge is -2.15. The first-order chi connectivity index (χ1) is 16.5. The molecular weight excluding hydrogens is 462 g/mol. The van der Waals surface area contributed by atoms with Crippen molar-refractivity contribution in [2.75, 3.05) is 20.3 Å². The van der Waals surface area contributed by atoms with Crippen LogP contribution < -0.4 is 26.5 Å². The molecule has 0 bridgehead atoms. The van der Waals surface area contributed by atoms with Crippen molar-refractivity contribution in [2.45, 2.75) is 0 Å². The molecule has 0 saturated heterocycles. The van der Waals surface area contributed by atoms with Crippen LogP contribution in [-0.4, -0.2) is 34.4 Å². The van der Waals surface area contributed by atoms with Gasteiger partial charge in [-0.25, -0.2) is 23.5 Å². The summed E-state index contributed by atoms with van der Waals surface area (Å²) in [6.07, 6.45) is 0. The van der Waals surface area contributed by atoms with Crippen LogP contribution in [0.1, 0.15) is 0 Å². The number of hydrogen-bond donors (Lipinski definition) is 1. The predicted molar refractivity (Wildman–Crippen MR) is 127 cm³/mol. The fraction of sp³-hybridized carbons (Fsp3) is 0.125. The summed E-state index contributed by atoms with van der Waals surface area (Å²) in [7, 11) is 1.54. The van der Waals surface area contributed by atoms with Gasteiger partial charge in [0.25, 0.3) is 0 Å². The lowest BCUT2D eigenvalue weighted by molar-refractivity contribution is 0.144. The molecule has 1 heterocycles. The Morgan fingerprint density at radius 1 is 0.794 bits per heavy atom. The second-order valence-electron chi connectivity index (χ2n) is 7.06. The highest BCUT2D eigenvalue weighted by atomic mass is 35.5. The van der Waals surface area contributed by atoms with Crippen molar-refractivity contribution in [3.05, 3.63) is 109 Å². The summed E-state index contributed by atoms with van der Waals surface area (Å²) in [5, 5.41) is 0.331. The van der Waals surface area contributed by atoms with Gasteiger partial charge in [-0.1, -0.05) is 35.9 Å². The normalized spacial score (nSPS) is 10.8. The minimum atomic E-state index is -0.896. The van der Waals surface area contributed by atoms with Gasteiger partial charge in [0.15, 0.2) is 11.5 Å². The van der Waals surface area contributed by atoms with E-state index in [-0.39, 0.29) is 23.7 Å². The molecule has 9 nitrogen and oxygen atoms in total. The summed E-state index contributed by atoms with van der Waals surface area (Å²) < 4.78 is 18.4. The molecule has 0 fully saturated rings. The minimum Gasteiger partial charge on any atom is -0.487 e. The molecular formula is C24H20ClN3O6. The van der Waals surface area contributed by atoms with Gasteiger partial charge in [0.05, 0.1) is 18.0 Å². The predicted octanol–water partition coefficient (Wildman–Crippen LogP) is 3.15. The molecule has 0 aliphatic rings. The smallest absolute Gasteiger partial charge is 0.345 e. The average Bonchev–Trinajstić information content (AvgIpc) is 2.81. The van der Waals surface area contributed by atoms with Gasteiger partial charge in [-0.15, -0.1) is 0 Å². The molecule has 3 aromatic carbocycles. The van der Waals surface area contributed by atoms with E-state index in [1.54, 1.807) is 37.4 Å². The molecule has 0 atom stereocenters. The van der Waals surface area contributed by atoms with Gasteiger partial charge in [0, 0.05) is 18.2 Å². The largest absolute Gasteiger partial charge is 0.487 e. The van der Waals surface area contributed by atoms with Gasteiger partial charge in [-0.2, -0.15) is 0 Å². The van der Waals surface area contributed by atoms with Gasteiger partial charge in [0.2, 0.25) is 0 Å². The molecule has 1 aromatic heterocycles. The number of methoxy groups -OCH3 is 1. The van der Waals surface area contributed by atoms with Crippen LogP contribution >= 0.6 is 11.6 Å². The molecule has 0 saturated carbocycles. The average molecular weight is 482 g/mol. The number of H-pyrrole nitrogens is 1. The third-order valence-electron chi connectivity index (χ3n) is 4.77. The van der Waals surface area contributed by atoms with Crippen LogP contribution in [0, 0.1) is 0 Å². The van der Waals surface area contributed by atoms with Crippen molar-refractivity contribution in [2.24, 2.45) is 0 Å². The van der Waals surface area contributed by atoms with Gasteiger partial charge in [-0.3, -0.25) is 4.98 Å². The maximum Gasteiger partial charge on any atom is 0.345 e. The number of ether oxygens (including phenoxy) is 3. The Morgan fingerprint density at radius 3 is 2.18 bits per heavy atom. The van der Waals surface area contributed by atoms with E-state index in [4.69, 9.17) is 25.8 Å². The Labute approximate surface area is 198 Å². The van der Waals surface area contributed by atoms with E-state index in [1.165, 1.54) is 24.3 Å². The summed E-state index contributed by atoms with van der Waals surface area (Å²) in [5.41, 5.74) is -2.25. The number of rotatable bonds is 8. The number of aromatic nitrogens is 3. The van der Waals surface area contributed by atoms with Crippen LogP contribution in [0.25, 0.3) is 11.4 Å². The summed E-state index contributed by atoms with van der Waals surface area (Å²) in [6.45, 7) is 0.521. The quantitative estimate of drug-likeness (QED) is 0.388. The standard InChI is InChI=1S/C24H20ClN3O6/c1-32-12-13-33-21-15-18(10-11-20(21)34-19-8-3-2-4-9-19)28-23(30)26-22(29)27(24(28)31)17-7-5-6-16(25)14-17/h2-11,14-15H,12-13H2,1H3,(H,26,29,30). The molecule has 34 heavy (non-hydrogen) atoms. The maximum absolute atomic E-state index is 13.2. The van der Waals surface area contributed by atoms with Crippen LogP contribution in [-0.2, 0) is 4.74 Å². The van der Waals surface area contributed by atoms with Gasteiger partial charge in [0.1, 0.15) is 12.4 Å². The third kappa shape index (κ3) is 4.95. The van der Waals surface area contributed by atoms with Crippen LogP contribution in [0.2, 0.25) is 5.02 Å². The molecule has 0 radical (unpaired) electrons. The van der Waals surface area contributed by atoms with Crippen molar-refractivity contribution in [3.8, 4) is 28.6 Å². The zero-order valence-corrected chi connectivity index (χ0v) is 18.8. The van der Waals surface area contributed by atoms with Gasteiger partial charge >= 0.3 is 17.1 Å². The summed E-state index contributed by atoms with van der Waals surface area (Å²) in [5.74, 6) is 1.24. The SMILES string of the molecule is COCCOc1cc(-n2c(=O)[nH]c(=O)n(-c3cccc(Cl)c3)c2=O)ccc1Oc1ccccc1. The first kappa shape index (κ1) is 23.1. The number of nitrogens with one attached hydrogen (secondary N) is 1. The summed E-state index contributed by atoms with van der Waals surface area (Å²) in [4.78, 5) is 40.5.